The quantitative estimate of drug-likeness (QED) is 0.905. The second-order valence-electron chi connectivity index (χ2n) is 3.95. The number of anilines is 1. The van der Waals surface area contributed by atoms with Gasteiger partial charge in [0, 0.05) is 30.0 Å². The molecule has 1 N–H and O–H groups in total. The first-order chi connectivity index (χ1) is 8.08. The topological polar surface area (TPSA) is 40.5 Å². The summed E-state index contributed by atoms with van der Waals surface area (Å²) in [5, 5.41) is 10.5. The molecule has 0 unspecified atom stereocenters. The Morgan fingerprint density at radius 3 is 2.35 bits per heavy atom. The van der Waals surface area contributed by atoms with Crippen molar-refractivity contribution in [2.24, 2.45) is 0 Å². The number of carboxylic acids is 1. The Balaban J connectivity index is 2.30. The number of nitrogens with zero attached hydrogens (tertiary/aromatic N) is 1. The summed E-state index contributed by atoms with van der Waals surface area (Å²) in [5.41, 5.74) is 2.53. The van der Waals surface area contributed by atoms with Gasteiger partial charge in [0.05, 0.1) is 5.56 Å². The van der Waals surface area contributed by atoms with E-state index in [0.717, 1.165) is 16.1 Å². The highest BCUT2D eigenvalue weighted by Crippen LogP contribution is 2.28. The van der Waals surface area contributed by atoms with Crippen LogP contribution in [0, 0.1) is 0 Å². The predicted molar refractivity (Wildman–Crippen MR) is 71.0 cm³/mol. The Labute approximate surface area is 104 Å². The summed E-state index contributed by atoms with van der Waals surface area (Å²) in [5.74, 6) is -0.877. The van der Waals surface area contributed by atoms with Crippen molar-refractivity contribution in [2.45, 2.75) is 0 Å². The van der Waals surface area contributed by atoms with Crippen molar-refractivity contribution in [3.63, 3.8) is 0 Å². The maximum absolute atomic E-state index is 10.8. The van der Waals surface area contributed by atoms with Crippen LogP contribution < -0.4 is 4.90 Å². The number of aromatic carboxylic acids is 1. The predicted octanol–water partition coefficient (Wildman–Crippen LogP) is 3.18. The summed E-state index contributed by atoms with van der Waals surface area (Å²) in [6.07, 6.45) is 0. The molecule has 3 nitrogen and oxygen atoms in total. The van der Waals surface area contributed by atoms with E-state index in [1.54, 1.807) is 11.4 Å². The molecule has 0 aliphatic rings. The zero-order valence-corrected chi connectivity index (χ0v) is 10.5. The molecular formula is C13H13NO2S. The van der Waals surface area contributed by atoms with Crippen molar-refractivity contribution in [1.29, 1.82) is 0 Å². The average Bonchev–Trinajstić information content (AvgIpc) is 2.78. The average molecular weight is 247 g/mol. The molecular weight excluding hydrogens is 234 g/mol. The van der Waals surface area contributed by atoms with Crippen molar-refractivity contribution < 1.29 is 9.90 Å². The molecule has 0 saturated carbocycles. The first-order valence-electron chi connectivity index (χ1n) is 5.17. The largest absolute Gasteiger partial charge is 0.478 e. The first-order valence-corrected chi connectivity index (χ1v) is 6.05. The third-order valence-corrected chi connectivity index (χ3v) is 3.49. The summed E-state index contributed by atoms with van der Waals surface area (Å²) in [7, 11) is 3.98. The Morgan fingerprint density at radius 1 is 1.24 bits per heavy atom. The smallest absolute Gasteiger partial charge is 0.336 e. The zero-order chi connectivity index (χ0) is 12.4. The number of hydrogen-bond donors (Lipinski definition) is 1. The molecule has 2 aromatic rings. The van der Waals surface area contributed by atoms with Crippen LogP contribution in [0.2, 0.25) is 0 Å². The molecule has 0 aliphatic heterocycles. The molecule has 0 saturated heterocycles. The second kappa shape index (κ2) is 4.59. The van der Waals surface area contributed by atoms with Crippen LogP contribution in [0.15, 0.2) is 35.7 Å². The number of hydrogen-bond acceptors (Lipinski definition) is 3. The Kier molecular flexibility index (Phi) is 3.15. The van der Waals surface area contributed by atoms with E-state index in [1.807, 2.05) is 43.3 Å². The molecule has 0 spiro atoms. The lowest BCUT2D eigenvalue weighted by Gasteiger charge is -2.12. The van der Waals surface area contributed by atoms with E-state index in [4.69, 9.17) is 5.11 Å². The summed E-state index contributed by atoms with van der Waals surface area (Å²) >= 11 is 1.45. The first kappa shape index (κ1) is 11.7. The SMILES string of the molecule is CN(C)c1ccc(-c2cc(C(=O)O)cs2)cc1. The summed E-state index contributed by atoms with van der Waals surface area (Å²) < 4.78 is 0. The van der Waals surface area contributed by atoms with Gasteiger partial charge in [-0.05, 0) is 23.8 Å². The van der Waals surface area contributed by atoms with Crippen LogP contribution in [0.4, 0.5) is 5.69 Å². The van der Waals surface area contributed by atoms with Gasteiger partial charge in [-0.25, -0.2) is 4.79 Å². The minimum atomic E-state index is -0.877. The van der Waals surface area contributed by atoms with E-state index < -0.39 is 5.97 Å². The molecule has 0 fully saturated rings. The van der Waals surface area contributed by atoms with Crippen molar-refractivity contribution in [2.75, 3.05) is 19.0 Å². The lowest BCUT2D eigenvalue weighted by Crippen LogP contribution is -2.07. The highest BCUT2D eigenvalue weighted by atomic mass is 32.1. The summed E-state index contributed by atoms with van der Waals surface area (Å²) in [4.78, 5) is 13.8. The fraction of sp³-hybridized carbons (Fsp3) is 0.154. The standard InChI is InChI=1S/C13H13NO2S/c1-14(2)11-5-3-9(4-6-11)12-7-10(8-17-12)13(15)16/h3-8H,1-2H3,(H,15,16). The van der Waals surface area contributed by atoms with E-state index in [0.29, 0.717) is 5.56 Å². The fourth-order valence-electron chi connectivity index (χ4n) is 1.52. The van der Waals surface area contributed by atoms with Crippen molar-refractivity contribution >= 4 is 23.0 Å². The molecule has 1 aromatic heterocycles. The third kappa shape index (κ3) is 2.47. The number of carboxylic acid groups (broad SMARTS) is 1. The highest BCUT2D eigenvalue weighted by Gasteiger charge is 2.07. The van der Waals surface area contributed by atoms with Gasteiger partial charge in [0.25, 0.3) is 0 Å². The van der Waals surface area contributed by atoms with Gasteiger partial charge in [0.2, 0.25) is 0 Å². The molecule has 0 atom stereocenters. The van der Waals surface area contributed by atoms with Gasteiger partial charge in [-0.2, -0.15) is 0 Å². The number of carbonyl (C=O) groups is 1. The van der Waals surface area contributed by atoms with Gasteiger partial charge in [-0.1, -0.05) is 12.1 Å². The number of benzene rings is 1. The summed E-state index contributed by atoms with van der Waals surface area (Å²) in [6, 6.07) is 9.77. The van der Waals surface area contributed by atoms with Crippen LogP contribution in [-0.2, 0) is 0 Å². The van der Waals surface area contributed by atoms with Crippen LogP contribution in [0.25, 0.3) is 10.4 Å². The molecule has 88 valence electrons. The monoisotopic (exact) mass is 247 g/mol. The lowest BCUT2D eigenvalue weighted by molar-refractivity contribution is 0.0697. The molecule has 0 bridgehead atoms. The molecule has 2 rings (SSSR count). The summed E-state index contributed by atoms with van der Waals surface area (Å²) in [6.45, 7) is 0. The minimum Gasteiger partial charge on any atom is -0.478 e. The van der Waals surface area contributed by atoms with Gasteiger partial charge in [0.15, 0.2) is 0 Å². The normalized spacial score (nSPS) is 10.2. The number of thiophene rings is 1. The highest BCUT2D eigenvalue weighted by molar-refractivity contribution is 7.13. The van der Waals surface area contributed by atoms with E-state index in [9.17, 15) is 4.79 Å². The van der Waals surface area contributed by atoms with Crippen molar-refractivity contribution in [3.8, 4) is 10.4 Å². The maximum atomic E-state index is 10.8. The van der Waals surface area contributed by atoms with Crippen molar-refractivity contribution in [3.05, 3.63) is 41.3 Å². The Morgan fingerprint density at radius 2 is 1.88 bits per heavy atom. The van der Waals surface area contributed by atoms with Crippen LogP contribution >= 0.6 is 11.3 Å². The van der Waals surface area contributed by atoms with Crippen LogP contribution in [0.5, 0.6) is 0 Å². The molecule has 4 heteroatoms. The third-order valence-electron chi connectivity index (χ3n) is 2.51. The van der Waals surface area contributed by atoms with Gasteiger partial charge < -0.3 is 10.0 Å². The molecule has 0 radical (unpaired) electrons. The lowest BCUT2D eigenvalue weighted by atomic mass is 10.1. The molecule has 0 amide bonds. The fourth-order valence-corrected chi connectivity index (χ4v) is 2.41. The van der Waals surface area contributed by atoms with E-state index in [1.165, 1.54) is 11.3 Å². The molecule has 1 heterocycles. The van der Waals surface area contributed by atoms with Gasteiger partial charge in [-0.15, -0.1) is 11.3 Å². The second-order valence-corrected chi connectivity index (χ2v) is 4.86. The van der Waals surface area contributed by atoms with E-state index >= 15 is 0 Å². The van der Waals surface area contributed by atoms with E-state index in [2.05, 4.69) is 0 Å². The van der Waals surface area contributed by atoms with E-state index in [-0.39, 0.29) is 0 Å². The molecule has 17 heavy (non-hydrogen) atoms. The molecule has 0 aliphatic carbocycles. The zero-order valence-electron chi connectivity index (χ0n) is 9.68. The minimum absolute atomic E-state index is 0.349. The van der Waals surface area contributed by atoms with Crippen LogP contribution in [0.3, 0.4) is 0 Å². The Hall–Kier alpha value is -1.81. The van der Waals surface area contributed by atoms with Gasteiger partial charge >= 0.3 is 5.97 Å². The van der Waals surface area contributed by atoms with Crippen molar-refractivity contribution in [1.82, 2.24) is 0 Å². The Bertz CT molecular complexity index is 529. The van der Waals surface area contributed by atoms with Gasteiger partial charge in [0.1, 0.15) is 0 Å². The number of rotatable bonds is 3. The van der Waals surface area contributed by atoms with Crippen LogP contribution in [-0.4, -0.2) is 25.2 Å². The van der Waals surface area contributed by atoms with Crippen LogP contribution in [0.1, 0.15) is 10.4 Å². The van der Waals surface area contributed by atoms with Gasteiger partial charge in [-0.3, -0.25) is 0 Å². The maximum Gasteiger partial charge on any atom is 0.336 e. The molecule has 1 aromatic carbocycles.